The lowest BCUT2D eigenvalue weighted by molar-refractivity contribution is -0.138. The molecule has 4 aliphatic rings. The third-order valence-corrected chi connectivity index (χ3v) is 10.5. The van der Waals surface area contributed by atoms with Crippen molar-refractivity contribution in [2.75, 3.05) is 43.1 Å². The van der Waals surface area contributed by atoms with Crippen molar-refractivity contribution < 1.29 is 22.7 Å². The molecule has 2 aromatic carbocycles. The zero-order valence-electron chi connectivity index (χ0n) is 27.8. The number of nitriles is 1. The average molecular weight is 683 g/mol. The van der Waals surface area contributed by atoms with Crippen LogP contribution in [0, 0.1) is 22.7 Å². The van der Waals surface area contributed by atoms with Gasteiger partial charge in [-0.3, -0.25) is 14.6 Å². The second-order valence-corrected chi connectivity index (χ2v) is 14.2. The molecule has 0 radical (unpaired) electrons. The van der Waals surface area contributed by atoms with E-state index in [0.29, 0.717) is 71.7 Å². The number of hydrogen-bond acceptors (Lipinski definition) is 8. The Morgan fingerprint density at radius 1 is 1.06 bits per heavy atom. The fourth-order valence-electron chi connectivity index (χ4n) is 7.68. The molecular weight excluding hydrogens is 645 g/mol. The van der Waals surface area contributed by atoms with Gasteiger partial charge in [-0.05, 0) is 89.9 Å². The van der Waals surface area contributed by atoms with Crippen LogP contribution >= 0.6 is 0 Å². The normalized spacial score (nSPS) is 18.6. The molecule has 0 unspecified atom stereocenters. The summed E-state index contributed by atoms with van der Waals surface area (Å²) in [5.41, 5.74) is 2.30. The number of carbonyl (C=O) groups is 1. The number of pyridine rings is 1. The molecule has 2 aromatic heterocycles. The number of hydrogen-bond donors (Lipinski definition) is 1. The van der Waals surface area contributed by atoms with E-state index >= 15 is 0 Å². The number of likely N-dealkylation sites (tertiary alicyclic amines) is 1. The lowest BCUT2D eigenvalue weighted by atomic mass is 9.73. The second-order valence-electron chi connectivity index (χ2n) is 14.2. The molecule has 8 rings (SSSR count). The summed E-state index contributed by atoms with van der Waals surface area (Å²) in [5, 5.41) is 21.5. The topological polar surface area (TPSA) is 112 Å². The number of nitrogens with zero attached hydrogens (tertiary/aromatic N) is 7. The Morgan fingerprint density at radius 3 is 2.56 bits per heavy atom. The van der Waals surface area contributed by atoms with Crippen molar-refractivity contribution in [2.45, 2.75) is 51.4 Å². The van der Waals surface area contributed by atoms with E-state index in [1.165, 1.54) is 23.8 Å². The second kappa shape index (κ2) is 12.5. The van der Waals surface area contributed by atoms with Crippen molar-refractivity contribution >= 4 is 17.5 Å². The molecule has 3 aliphatic heterocycles. The van der Waals surface area contributed by atoms with Gasteiger partial charge in [-0.15, -0.1) is 10.2 Å². The SMILES string of the molecule is Cn1cnnc1-c1ccc(C#N)cc1-c1cc(NCCC2CC2)nc(N2Cc3c(cc(CN4CC5(CCOCC5)C4)cc3C(F)(F)F)C2=O)c1. The lowest BCUT2D eigenvalue weighted by Gasteiger charge is -2.52. The molecule has 1 saturated carbocycles. The molecule has 1 aliphatic carbocycles. The Bertz CT molecular complexity index is 2000. The summed E-state index contributed by atoms with van der Waals surface area (Å²) >= 11 is 0. The van der Waals surface area contributed by atoms with E-state index in [1.54, 1.807) is 41.2 Å². The van der Waals surface area contributed by atoms with Crippen molar-refractivity contribution in [3.8, 4) is 28.6 Å². The highest BCUT2D eigenvalue weighted by molar-refractivity contribution is 6.10. The van der Waals surface area contributed by atoms with E-state index in [1.807, 2.05) is 13.1 Å². The van der Waals surface area contributed by atoms with Crippen molar-refractivity contribution in [3.05, 3.63) is 76.6 Å². The standard InChI is InChI=1S/C37H37F3N8O2/c1-46-22-43-45-34(46)27-5-4-24(17-41)12-28(27)26-15-32(42-9-6-23-2-3-23)44-33(16-26)48-19-30-29(35(48)49)13-25(14-31(30)37(38,39)40)18-47-20-36(21-47)7-10-50-11-8-36/h4-5,12-16,22-23H,2-3,6-11,18-21H2,1H3,(H,42,44). The van der Waals surface area contributed by atoms with Gasteiger partial charge in [0.05, 0.1) is 23.7 Å². The van der Waals surface area contributed by atoms with Gasteiger partial charge in [0.15, 0.2) is 5.82 Å². The largest absolute Gasteiger partial charge is 0.416 e. The lowest BCUT2D eigenvalue weighted by Crippen LogP contribution is -2.57. The van der Waals surface area contributed by atoms with E-state index < -0.39 is 17.6 Å². The molecule has 1 N–H and O–H groups in total. The van der Waals surface area contributed by atoms with Gasteiger partial charge >= 0.3 is 6.18 Å². The monoisotopic (exact) mass is 682 g/mol. The molecule has 1 amide bonds. The third-order valence-electron chi connectivity index (χ3n) is 10.5. The summed E-state index contributed by atoms with van der Waals surface area (Å²) in [7, 11) is 1.82. The zero-order chi connectivity index (χ0) is 34.6. The summed E-state index contributed by atoms with van der Waals surface area (Å²) in [6.07, 6.45) is 2.21. The number of benzene rings is 2. The van der Waals surface area contributed by atoms with Crippen LogP contribution in [0.1, 0.15) is 64.7 Å². The summed E-state index contributed by atoms with van der Waals surface area (Å²) < 4.78 is 51.1. The number of aryl methyl sites for hydroxylation is 1. The number of nitrogens with one attached hydrogen (secondary N) is 1. The predicted octanol–water partition coefficient (Wildman–Crippen LogP) is 6.42. The highest BCUT2D eigenvalue weighted by Gasteiger charge is 2.45. The fourth-order valence-corrected chi connectivity index (χ4v) is 7.68. The van der Waals surface area contributed by atoms with Gasteiger partial charge in [0.2, 0.25) is 0 Å². The molecule has 0 atom stereocenters. The van der Waals surface area contributed by atoms with E-state index in [0.717, 1.165) is 32.4 Å². The van der Waals surface area contributed by atoms with Crippen LogP contribution in [0.4, 0.5) is 24.8 Å². The number of aromatic nitrogens is 4. The molecule has 10 nitrogen and oxygen atoms in total. The zero-order valence-corrected chi connectivity index (χ0v) is 27.8. The number of halogens is 3. The third kappa shape index (κ3) is 6.22. The molecule has 4 aromatic rings. The molecule has 0 bridgehead atoms. The molecule has 3 fully saturated rings. The fraction of sp³-hybridized carbons (Fsp3) is 0.432. The van der Waals surface area contributed by atoms with Crippen molar-refractivity contribution in [1.82, 2.24) is 24.6 Å². The van der Waals surface area contributed by atoms with Gasteiger partial charge in [0.1, 0.15) is 18.0 Å². The van der Waals surface area contributed by atoms with Gasteiger partial charge in [0, 0.05) is 63.0 Å². The molecule has 13 heteroatoms. The van der Waals surface area contributed by atoms with Crippen LogP contribution in [0.5, 0.6) is 0 Å². The molecular formula is C37H37F3N8O2. The molecule has 258 valence electrons. The first kappa shape index (κ1) is 32.4. The first-order chi connectivity index (χ1) is 24.1. The van der Waals surface area contributed by atoms with Gasteiger partial charge in [-0.1, -0.05) is 12.8 Å². The number of anilines is 2. The first-order valence-corrected chi connectivity index (χ1v) is 17.1. The van der Waals surface area contributed by atoms with Crippen LogP contribution < -0.4 is 10.2 Å². The van der Waals surface area contributed by atoms with Crippen LogP contribution in [0.3, 0.4) is 0 Å². The number of rotatable bonds is 9. The number of amides is 1. The summed E-state index contributed by atoms with van der Waals surface area (Å²) in [5.74, 6) is 1.43. The van der Waals surface area contributed by atoms with Crippen molar-refractivity contribution in [3.63, 3.8) is 0 Å². The highest BCUT2D eigenvalue weighted by atomic mass is 19.4. The van der Waals surface area contributed by atoms with Crippen LogP contribution in [0.2, 0.25) is 0 Å². The highest BCUT2D eigenvalue weighted by Crippen LogP contribution is 2.44. The minimum Gasteiger partial charge on any atom is -0.381 e. The van der Waals surface area contributed by atoms with Gasteiger partial charge < -0.3 is 14.6 Å². The minimum absolute atomic E-state index is 0.0440. The van der Waals surface area contributed by atoms with Crippen LogP contribution in [-0.2, 0) is 31.1 Å². The minimum atomic E-state index is -4.64. The maximum atomic E-state index is 14.6. The number of fused-ring (bicyclic) bond motifs is 1. The maximum Gasteiger partial charge on any atom is 0.416 e. The van der Waals surface area contributed by atoms with Crippen LogP contribution in [0.15, 0.2) is 48.8 Å². The van der Waals surface area contributed by atoms with Crippen molar-refractivity contribution in [1.29, 1.82) is 5.26 Å². The van der Waals surface area contributed by atoms with E-state index in [2.05, 4.69) is 26.5 Å². The Kier molecular flexibility index (Phi) is 8.11. The van der Waals surface area contributed by atoms with Gasteiger partial charge in [-0.25, -0.2) is 4.98 Å². The first-order valence-electron chi connectivity index (χ1n) is 17.1. The summed E-state index contributed by atoms with van der Waals surface area (Å²) in [6, 6.07) is 13.8. The molecule has 5 heterocycles. The van der Waals surface area contributed by atoms with Crippen LogP contribution in [0.25, 0.3) is 22.5 Å². The summed E-state index contributed by atoms with van der Waals surface area (Å²) in [4.78, 5) is 22.4. The Balaban J connectivity index is 1.15. The maximum absolute atomic E-state index is 14.6. The molecule has 50 heavy (non-hydrogen) atoms. The Morgan fingerprint density at radius 2 is 1.86 bits per heavy atom. The molecule has 2 saturated heterocycles. The predicted molar refractivity (Wildman–Crippen MR) is 180 cm³/mol. The Hall–Kier alpha value is -4.80. The van der Waals surface area contributed by atoms with Crippen molar-refractivity contribution in [2.24, 2.45) is 18.4 Å². The van der Waals surface area contributed by atoms with Gasteiger partial charge in [0.25, 0.3) is 5.91 Å². The van der Waals surface area contributed by atoms with Crippen LogP contribution in [-0.4, -0.2) is 63.4 Å². The smallest absolute Gasteiger partial charge is 0.381 e. The number of alkyl halides is 3. The quantitative estimate of drug-likeness (QED) is 0.215. The summed E-state index contributed by atoms with van der Waals surface area (Å²) in [6.45, 7) is 3.80. The van der Waals surface area contributed by atoms with E-state index in [-0.39, 0.29) is 28.9 Å². The van der Waals surface area contributed by atoms with E-state index in [4.69, 9.17) is 9.72 Å². The van der Waals surface area contributed by atoms with Gasteiger partial charge in [-0.2, -0.15) is 18.4 Å². The number of ether oxygens (including phenoxy) is 1. The number of carbonyl (C=O) groups excluding carboxylic acids is 1. The Labute approximate surface area is 287 Å². The van der Waals surface area contributed by atoms with E-state index in [9.17, 15) is 23.2 Å². The average Bonchev–Trinajstić information content (AvgIpc) is 3.73. The molecule has 1 spiro atoms.